The van der Waals surface area contributed by atoms with Gasteiger partial charge in [0.1, 0.15) is 17.6 Å². The van der Waals surface area contributed by atoms with Crippen molar-refractivity contribution >= 4 is 6.03 Å². The van der Waals surface area contributed by atoms with Crippen LogP contribution in [0.3, 0.4) is 0 Å². The number of urea groups is 1. The zero-order chi connectivity index (χ0) is 9.26. The lowest BCUT2D eigenvalue weighted by Gasteiger charge is -2.03. The number of carbonyl (C=O) groups excluding carboxylic acids is 1. The zero-order valence-corrected chi connectivity index (χ0v) is 7.46. The topological polar surface area (TPSA) is 54.3 Å². The minimum absolute atomic E-state index is 0.00667. The average Bonchev–Trinajstić information content (AvgIpc) is 2.71. The summed E-state index contributed by atoms with van der Waals surface area (Å²) in [6, 6.07) is 3.73. The van der Waals surface area contributed by atoms with Crippen LogP contribution in [0.2, 0.25) is 0 Å². The minimum atomic E-state index is -0.126. The first kappa shape index (κ1) is 8.16. The Morgan fingerprint density at radius 3 is 3.00 bits per heavy atom. The third kappa shape index (κ3) is 1.52. The average molecular weight is 180 g/mol. The maximum Gasteiger partial charge on any atom is 0.315 e. The monoisotopic (exact) mass is 180 g/mol. The highest BCUT2D eigenvalue weighted by atomic mass is 16.3. The second kappa shape index (κ2) is 3.12. The van der Waals surface area contributed by atoms with Crippen LogP contribution in [-0.2, 0) is 6.42 Å². The number of rotatable bonds is 2. The Bertz CT molecular complexity index is 319. The van der Waals surface area contributed by atoms with Crippen molar-refractivity contribution in [3.8, 4) is 0 Å². The highest BCUT2D eigenvalue weighted by molar-refractivity contribution is 5.76. The van der Waals surface area contributed by atoms with E-state index < -0.39 is 0 Å². The smallest absolute Gasteiger partial charge is 0.315 e. The molecular weight excluding hydrogens is 168 g/mol. The van der Waals surface area contributed by atoms with E-state index in [4.69, 9.17) is 4.42 Å². The molecule has 2 rings (SSSR count). The van der Waals surface area contributed by atoms with E-state index in [-0.39, 0.29) is 12.1 Å². The number of amides is 2. The normalized spacial score (nSPS) is 21.3. The number of furan rings is 1. The van der Waals surface area contributed by atoms with Crippen molar-refractivity contribution < 1.29 is 9.21 Å². The van der Waals surface area contributed by atoms with Crippen LogP contribution in [0.25, 0.3) is 0 Å². The van der Waals surface area contributed by atoms with Crippen LogP contribution in [0.4, 0.5) is 4.79 Å². The first-order valence-corrected chi connectivity index (χ1v) is 4.42. The second-order valence-corrected chi connectivity index (χ2v) is 3.06. The summed E-state index contributed by atoms with van der Waals surface area (Å²) in [5.74, 6) is 1.78. The third-order valence-electron chi connectivity index (χ3n) is 2.15. The molecule has 1 fully saturated rings. The Labute approximate surface area is 76.3 Å². The van der Waals surface area contributed by atoms with E-state index in [2.05, 4.69) is 10.6 Å². The van der Waals surface area contributed by atoms with E-state index in [0.717, 1.165) is 17.9 Å². The van der Waals surface area contributed by atoms with Crippen molar-refractivity contribution in [3.63, 3.8) is 0 Å². The number of aryl methyl sites for hydroxylation is 1. The molecule has 1 atom stereocenters. The molecule has 0 aromatic carbocycles. The fraction of sp³-hybridized carbons (Fsp3) is 0.444. The summed E-state index contributed by atoms with van der Waals surface area (Å²) >= 11 is 0. The highest BCUT2D eigenvalue weighted by Gasteiger charge is 2.23. The van der Waals surface area contributed by atoms with Crippen molar-refractivity contribution in [1.29, 1.82) is 0 Å². The summed E-state index contributed by atoms with van der Waals surface area (Å²) in [4.78, 5) is 10.8. The van der Waals surface area contributed by atoms with Gasteiger partial charge in [-0.1, -0.05) is 6.92 Å². The van der Waals surface area contributed by atoms with Crippen LogP contribution >= 0.6 is 0 Å². The summed E-state index contributed by atoms with van der Waals surface area (Å²) in [6.45, 7) is 2.64. The van der Waals surface area contributed by atoms with Crippen molar-refractivity contribution in [3.05, 3.63) is 23.7 Å². The van der Waals surface area contributed by atoms with Gasteiger partial charge in [-0.3, -0.25) is 0 Å². The molecule has 1 aromatic rings. The minimum Gasteiger partial charge on any atom is -0.464 e. The van der Waals surface area contributed by atoms with Gasteiger partial charge in [0.15, 0.2) is 0 Å². The third-order valence-corrected chi connectivity index (χ3v) is 2.15. The van der Waals surface area contributed by atoms with E-state index in [1.54, 1.807) is 0 Å². The molecule has 1 aromatic heterocycles. The maximum atomic E-state index is 10.8. The van der Waals surface area contributed by atoms with Crippen LogP contribution in [0.15, 0.2) is 16.5 Å². The number of carbonyl (C=O) groups is 1. The Hall–Kier alpha value is -1.45. The van der Waals surface area contributed by atoms with Crippen molar-refractivity contribution in [2.75, 3.05) is 6.54 Å². The fourth-order valence-corrected chi connectivity index (χ4v) is 1.40. The molecule has 2 N–H and O–H groups in total. The van der Waals surface area contributed by atoms with Gasteiger partial charge in [-0.2, -0.15) is 0 Å². The van der Waals surface area contributed by atoms with Gasteiger partial charge in [0, 0.05) is 13.0 Å². The number of nitrogens with one attached hydrogen (secondary N) is 2. The van der Waals surface area contributed by atoms with Gasteiger partial charge in [0.2, 0.25) is 0 Å². The molecule has 0 bridgehead atoms. The van der Waals surface area contributed by atoms with Crippen molar-refractivity contribution in [2.45, 2.75) is 19.4 Å². The highest BCUT2D eigenvalue weighted by Crippen LogP contribution is 2.18. The van der Waals surface area contributed by atoms with Gasteiger partial charge in [-0.15, -0.1) is 0 Å². The molecule has 1 aliphatic rings. The lowest BCUT2D eigenvalue weighted by molar-refractivity contribution is 0.247. The largest absolute Gasteiger partial charge is 0.464 e. The Balaban J connectivity index is 2.12. The molecule has 4 heteroatoms. The molecule has 70 valence electrons. The predicted octanol–water partition coefficient (Wildman–Crippen LogP) is 1.20. The molecule has 0 radical (unpaired) electrons. The first-order chi connectivity index (χ1) is 6.29. The van der Waals surface area contributed by atoms with Crippen LogP contribution in [0, 0.1) is 0 Å². The summed E-state index contributed by atoms with van der Waals surface area (Å²) in [5, 5.41) is 5.45. The molecular formula is C9H12N2O2. The zero-order valence-electron chi connectivity index (χ0n) is 7.46. The van der Waals surface area contributed by atoms with Crippen LogP contribution < -0.4 is 10.6 Å². The summed E-state index contributed by atoms with van der Waals surface area (Å²) in [6.07, 6.45) is 0.883. The number of hydrogen-bond donors (Lipinski definition) is 2. The molecule has 0 saturated carbocycles. The van der Waals surface area contributed by atoms with Crippen LogP contribution in [-0.4, -0.2) is 12.6 Å². The second-order valence-electron chi connectivity index (χ2n) is 3.06. The molecule has 0 aliphatic carbocycles. The molecule has 0 spiro atoms. The van der Waals surface area contributed by atoms with Gasteiger partial charge in [-0.05, 0) is 12.1 Å². The molecule has 4 nitrogen and oxygen atoms in total. The molecule has 1 saturated heterocycles. The quantitative estimate of drug-likeness (QED) is 0.718. The van der Waals surface area contributed by atoms with Gasteiger partial charge < -0.3 is 15.1 Å². The van der Waals surface area contributed by atoms with Crippen LogP contribution in [0.5, 0.6) is 0 Å². The van der Waals surface area contributed by atoms with E-state index in [9.17, 15) is 4.79 Å². The van der Waals surface area contributed by atoms with E-state index >= 15 is 0 Å². The fourth-order valence-electron chi connectivity index (χ4n) is 1.40. The lowest BCUT2D eigenvalue weighted by Crippen LogP contribution is -2.21. The SMILES string of the molecule is CCc1ccc([C@H]2CNC(=O)N2)o1. The van der Waals surface area contributed by atoms with E-state index in [1.165, 1.54) is 0 Å². The summed E-state index contributed by atoms with van der Waals surface area (Å²) in [5.41, 5.74) is 0. The predicted molar refractivity (Wildman–Crippen MR) is 47.4 cm³/mol. The van der Waals surface area contributed by atoms with Crippen molar-refractivity contribution in [2.24, 2.45) is 0 Å². The lowest BCUT2D eigenvalue weighted by atomic mass is 10.2. The van der Waals surface area contributed by atoms with Gasteiger partial charge in [0.25, 0.3) is 0 Å². The van der Waals surface area contributed by atoms with E-state index in [0.29, 0.717) is 6.54 Å². The van der Waals surface area contributed by atoms with Crippen LogP contribution in [0.1, 0.15) is 24.5 Å². The molecule has 2 heterocycles. The number of hydrogen-bond acceptors (Lipinski definition) is 2. The molecule has 2 amide bonds. The molecule has 13 heavy (non-hydrogen) atoms. The Morgan fingerprint density at radius 2 is 2.46 bits per heavy atom. The maximum absolute atomic E-state index is 10.8. The summed E-state index contributed by atoms with van der Waals surface area (Å²) < 4.78 is 5.51. The van der Waals surface area contributed by atoms with Gasteiger partial charge in [0.05, 0.1) is 0 Å². The Kier molecular flexibility index (Phi) is 1.96. The Morgan fingerprint density at radius 1 is 1.62 bits per heavy atom. The van der Waals surface area contributed by atoms with E-state index in [1.807, 2.05) is 19.1 Å². The standard InChI is InChI=1S/C9H12N2O2/c1-2-6-3-4-8(13-6)7-5-10-9(12)11-7/h3-4,7H,2,5H2,1H3,(H2,10,11,12)/t7-/m1/s1. The molecule has 1 aliphatic heterocycles. The molecule has 0 unspecified atom stereocenters. The van der Waals surface area contributed by atoms with Gasteiger partial charge >= 0.3 is 6.03 Å². The first-order valence-electron chi connectivity index (χ1n) is 4.42. The summed E-state index contributed by atoms with van der Waals surface area (Å²) in [7, 11) is 0. The van der Waals surface area contributed by atoms with Crippen molar-refractivity contribution in [1.82, 2.24) is 10.6 Å². The van der Waals surface area contributed by atoms with Gasteiger partial charge in [-0.25, -0.2) is 4.79 Å².